The molecule has 2 aromatic rings. The number of benzene rings is 2. The molecule has 2 N–H and O–H groups in total. The number of para-hydroxylation sites is 1. The summed E-state index contributed by atoms with van der Waals surface area (Å²) in [6.45, 7) is 1.02. The molecule has 0 aliphatic rings. The molecule has 1 unspecified atom stereocenters. The van der Waals surface area contributed by atoms with Crippen molar-refractivity contribution >= 4 is 46.7 Å². The van der Waals surface area contributed by atoms with Gasteiger partial charge in [0, 0.05) is 23.7 Å². The van der Waals surface area contributed by atoms with Crippen LogP contribution in [0.3, 0.4) is 0 Å². The van der Waals surface area contributed by atoms with Gasteiger partial charge >= 0.3 is 5.97 Å². The van der Waals surface area contributed by atoms with Crippen molar-refractivity contribution in [1.29, 1.82) is 0 Å². The van der Waals surface area contributed by atoms with Crippen LogP contribution in [0.2, 0.25) is 10.0 Å². The van der Waals surface area contributed by atoms with Crippen LogP contribution in [0.15, 0.2) is 48.5 Å². The third kappa shape index (κ3) is 6.96. The van der Waals surface area contributed by atoms with Crippen LogP contribution in [-0.4, -0.2) is 37.0 Å². The Morgan fingerprint density at radius 1 is 1.10 bits per heavy atom. The van der Waals surface area contributed by atoms with E-state index in [2.05, 4.69) is 0 Å². The van der Waals surface area contributed by atoms with Crippen LogP contribution in [0.25, 0.3) is 0 Å². The number of esters is 1. The highest BCUT2D eigenvalue weighted by Gasteiger charge is 2.22. The maximum Gasteiger partial charge on any atom is 0.347 e. The molecule has 29 heavy (non-hydrogen) atoms. The highest BCUT2D eigenvalue weighted by molar-refractivity contribution is 6.35. The molecule has 7 nitrogen and oxygen atoms in total. The summed E-state index contributed by atoms with van der Waals surface area (Å²) in [5.74, 6) is -1.52. The van der Waals surface area contributed by atoms with E-state index >= 15 is 0 Å². The normalized spacial score (nSPS) is 11.4. The van der Waals surface area contributed by atoms with Crippen molar-refractivity contribution in [3.05, 3.63) is 58.6 Å². The molecule has 154 valence electrons. The van der Waals surface area contributed by atoms with Gasteiger partial charge in [-0.05, 0) is 37.3 Å². The average Bonchev–Trinajstić information content (AvgIpc) is 2.68. The molecule has 0 aliphatic heterocycles. The Bertz CT molecular complexity index is 876. The fourth-order valence-electron chi connectivity index (χ4n) is 2.37. The lowest BCUT2D eigenvalue weighted by Gasteiger charge is -2.22. The number of nitrogens with two attached hydrogens (primary N) is 1. The second-order valence-corrected chi connectivity index (χ2v) is 6.88. The molecule has 0 aromatic heterocycles. The van der Waals surface area contributed by atoms with Crippen LogP contribution < -0.4 is 15.4 Å². The van der Waals surface area contributed by atoms with Gasteiger partial charge in [0.25, 0.3) is 5.91 Å². The predicted molar refractivity (Wildman–Crippen MR) is 110 cm³/mol. The van der Waals surface area contributed by atoms with Gasteiger partial charge in [0.2, 0.25) is 5.91 Å². The van der Waals surface area contributed by atoms with Gasteiger partial charge < -0.3 is 20.1 Å². The van der Waals surface area contributed by atoms with Gasteiger partial charge in [-0.1, -0.05) is 41.4 Å². The van der Waals surface area contributed by atoms with Gasteiger partial charge in [0.1, 0.15) is 5.75 Å². The van der Waals surface area contributed by atoms with Crippen molar-refractivity contribution in [1.82, 2.24) is 0 Å². The maximum atomic E-state index is 12.6. The summed E-state index contributed by atoms with van der Waals surface area (Å²) in [4.78, 5) is 37.2. The Morgan fingerprint density at radius 3 is 2.41 bits per heavy atom. The molecule has 2 aromatic carbocycles. The number of primary amides is 1. The van der Waals surface area contributed by atoms with Crippen LogP contribution in [0.5, 0.6) is 5.75 Å². The Kier molecular flexibility index (Phi) is 8.30. The van der Waals surface area contributed by atoms with E-state index in [4.69, 9.17) is 38.4 Å². The van der Waals surface area contributed by atoms with E-state index in [9.17, 15) is 14.4 Å². The lowest BCUT2D eigenvalue weighted by molar-refractivity contribution is -0.154. The summed E-state index contributed by atoms with van der Waals surface area (Å²) in [7, 11) is 0. The molecular formula is C20H20Cl2N2O5. The fourth-order valence-corrected chi connectivity index (χ4v) is 2.82. The SMILES string of the molecule is CC(Oc1ccc(Cl)cc1Cl)C(=O)OCC(=O)N(CCC(N)=O)c1ccccc1. The van der Waals surface area contributed by atoms with E-state index in [1.54, 1.807) is 36.4 Å². The van der Waals surface area contributed by atoms with Crippen LogP contribution in [0.1, 0.15) is 13.3 Å². The Labute approximate surface area is 178 Å². The minimum Gasteiger partial charge on any atom is -0.477 e. The zero-order chi connectivity index (χ0) is 21.4. The van der Waals surface area contributed by atoms with E-state index in [0.29, 0.717) is 10.7 Å². The van der Waals surface area contributed by atoms with Crippen LogP contribution in [0, 0.1) is 0 Å². The summed E-state index contributed by atoms with van der Waals surface area (Å²) in [5, 5.41) is 0.676. The molecule has 9 heteroatoms. The lowest BCUT2D eigenvalue weighted by Crippen LogP contribution is -2.38. The molecule has 1 atom stereocenters. The van der Waals surface area contributed by atoms with E-state index in [1.165, 1.54) is 24.0 Å². The van der Waals surface area contributed by atoms with Crippen molar-refractivity contribution in [2.45, 2.75) is 19.4 Å². The standard InChI is InChI=1S/C20H20Cl2N2O5/c1-13(29-17-8-7-14(21)11-16(17)22)20(27)28-12-19(26)24(10-9-18(23)25)15-5-3-2-4-6-15/h2-8,11,13H,9-10,12H2,1H3,(H2,23,25). The average molecular weight is 439 g/mol. The predicted octanol–water partition coefficient (Wildman–Crippen LogP) is 3.21. The third-order valence-electron chi connectivity index (χ3n) is 3.82. The minimum absolute atomic E-state index is 0.0246. The summed E-state index contributed by atoms with van der Waals surface area (Å²) >= 11 is 11.8. The van der Waals surface area contributed by atoms with Crippen LogP contribution in [0.4, 0.5) is 5.69 Å². The van der Waals surface area contributed by atoms with Crippen LogP contribution in [-0.2, 0) is 19.1 Å². The zero-order valence-corrected chi connectivity index (χ0v) is 17.2. The number of nitrogens with zero attached hydrogens (tertiary/aromatic N) is 1. The van der Waals surface area contributed by atoms with Crippen molar-refractivity contribution < 1.29 is 23.9 Å². The fraction of sp³-hybridized carbons (Fsp3) is 0.250. The number of carbonyl (C=O) groups is 3. The molecule has 0 heterocycles. The third-order valence-corrected chi connectivity index (χ3v) is 4.35. The molecule has 0 radical (unpaired) electrons. The number of halogens is 2. The minimum atomic E-state index is -1.00. The number of ether oxygens (including phenoxy) is 2. The molecule has 0 bridgehead atoms. The lowest BCUT2D eigenvalue weighted by atomic mass is 10.2. The molecular weight excluding hydrogens is 419 g/mol. The van der Waals surface area contributed by atoms with E-state index in [-0.39, 0.29) is 23.7 Å². The summed E-state index contributed by atoms with van der Waals surface area (Å²) in [5.41, 5.74) is 5.74. The summed E-state index contributed by atoms with van der Waals surface area (Å²) in [6.07, 6.45) is -1.03. The largest absolute Gasteiger partial charge is 0.477 e. The number of hydrogen-bond donors (Lipinski definition) is 1. The molecule has 0 saturated heterocycles. The molecule has 2 rings (SSSR count). The topological polar surface area (TPSA) is 98.9 Å². The first-order chi connectivity index (χ1) is 13.8. The molecule has 2 amide bonds. The van der Waals surface area contributed by atoms with Gasteiger partial charge in [0.15, 0.2) is 12.7 Å². The second-order valence-electron chi connectivity index (χ2n) is 6.04. The zero-order valence-electron chi connectivity index (χ0n) is 15.6. The second kappa shape index (κ2) is 10.7. The van der Waals surface area contributed by atoms with Crippen molar-refractivity contribution in [2.24, 2.45) is 5.73 Å². The van der Waals surface area contributed by atoms with Gasteiger partial charge in [-0.2, -0.15) is 0 Å². The highest BCUT2D eigenvalue weighted by atomic mass is 35.5. The van der Waals surface area contributed by atoms with E-state index < -0.39 is 30.5 Å². The van der Waals surface area contributed by atoms with Crippen molar-refractivity contribution in [3.63, 3.8) is 0 Å². The number of rotatable bonds is 9. The first kappa shape index (κ1) is 22.5. The van der Waals surface area contributed by atoms with Gasteiger partial charge in [-0.3, -0.25) is 9.59 Å². The van der Waals surface area contributed by atoms with E-state index in [0.717, 1.165) is 0 Å². The number of amides is 2. The number of hydrogen-bond acceptors (Lipinski definition) is 5. The maximum absolute atomic E-state index is 12.6. The van der Waals surface area contributed by atoms with Gasteiger partial charge in [-0.15, -0.1) is 0 Å². The van der Waals surface area contributed by atoms with E-state index in [1.807, 2.05) is 0 Å². The summed E-state index contributed by atoms with van der Waals surface area (Å²) < 4.78 is 10.5. The first-order valence-corrected chi connectivity index (χ1v) is 9.45. The van der Waals surface area contributed by atoms with Gasteiger partial charge in [-0.25, -0.2) is 4.79 Å². The first-order valence-electron chi connectivity index (χ1n) is 8.70. The smallest absolute Gasteiger partial charge is 0.347 e. The Balaban J connectivity index is 1.96. The molecule has 0 spiro atoms. The van der Waals surface area contributed by atoms with Crippen molar-refractivity contribution in [3.8, 4) is 5.75 Å². The Hall–Kier alpha value is -2.77. The number of carbonyl (C=O) groups excluding carboxylic acids is 3. The van der Waals surface area contributed by atoms with Crippen molar-refractivity contribution in [2.75, 3.05) is 18.1 Å². The highest BCUT2D eigenvalue weighted by Crippen LogP contribution is 2.28. The van der Waals surface area contributed by atoms with Gasteiger partial charge in [0.05, 0.1) is 5.02 Å². The molecule has 0 fully saturated rings. The monoisotopic (exact) mass is 438 g/mol. The summed E-state index contributed by atoms with van der Waals surface area (Å²) in [6, 6.07) is 13.3. The number of anilines is 1. The molecule has 0 aliphatic carbocycles. The molecule has 0 saturated carbocycles. The van der Waals surface area contributed by atoms with Crippen LogP contribution >= 0.6 is 23.2 Å². The quantitative estimate of drug-likeness (QED) is 0.605. The Morgan fingerprint density at radius 2 is 1.79 bits per heavy atom.